The van der Waals surface area contributed by atoms with E-state index in [9.17, 15) is 14.4 Å². The number of amides is 1. The lowest BCUT2D eigenvalue weighted by Gasteiger charge is -2.19. The van der Waals surface area contributed by atoms with Crippen LogP contribution in [0.15, 0.2) is 48.5 Å². The van der Waals surface area contributed by atoms with Crippen LogP contribution in [0.3, 0.4) is 0 Å². The molecule has 2 aromatic rings. The number of hydrogen-bond acceptors (Lipinski definition) is 7. The average Bonchev–Trinajstić information content (AvgIpc) is 3.09. The van der Waals surface area contributed by atoms with Crippen LogP contribution in [-0.4, -0.2) is 43.0 Å². The maximum absolute atomic E-state index is 12.2. The highest BCUT2D eigenvalue weighted by Crippen LogP contribution is 2.44. The molecule has 0 aromatic heterocycles. The van der Waals surface area contributed by atoms with E-state index in [0.29, 0.717) is 25.8 Å². The summed E-state index contributed by atoms with van der Waals surface area (Å²) in [5, 5.41) is 2.72. The molecule has 3 N–H and O–H groups in total. The van der Waals surface area contributed by atoms with Crippen molar-refractivity contribution in [1.29, 1.82) is 0 Å². The summed E-state index contributed by atoms with van der Waals surface area (Å²) in [7, 11) is 0. The van der Waals surface area contributed by atoms with E-state index in [-0.39, 0.29) is 12.5 Å². The highest BCUT2D eigenvalue weighted by molar-refractivity contribution is 5.85. The lowest BCUT2D eigenvalue weighted by atomic mass is 9.98. The quantitative estimate of drug-likeness (QED) is 0.333. The van der Waals surface area contributed by atoms with E-state index in [0.717, 1.165) is 11.1 Å². The van der Waals surface area contributed by atoms with Crippen molar-refractivity contribution < 1.29 is 28.6 Å². The van der Waals surface area contributed by atoms with Gasteiger partial charge in [-0.2, -0.15) is 0 Å². The summed E-state index contributed by atoms with van der Waals surface area (Å²) in [5.74, 6) is -0.828. The zero-order chi connectivity index (χ0) is 24.7. The second-order valence-electron chi connectivity index (χ2n) is 9.24. The zero-order valence-electron chi connectivity index (χ0n) is 19.8. The zero-order valence-corrected chi connectivity index (χ0v) is 19.8. The van der Waals surface area contributed by atoms with Crippen molar-refractivity contribution in [3.05, 3.63) is 59.7 Å². The third-order valence-electron chi connectivity index (χ3n) is 5.43. The van der Waals surface area contributed by atoms with Crippen molar-refractivity contribution in [3.63, 3.8) is 0 Å². The van der Waals surface area contributed by atoms with Crippen molar-refractivity contribution in [2.24, 2.45) is 5.73 Å². The third kappa shape index (κ3) is 6.81. The van der Waals surface area contributed by atoms with Crippen LogP contribution in [0, 0.1) is 0 Å². The van der Waals surface area contributed by atoms with Gasteiger partial charge in [-0.25, -0.2) is 14.4 Å². The number of benzene rings is 2. The van der Waals surface area contributed by atoms with Gasteiger partial charge in [-0.1, -0.05) is 48.5 Å². The van der Waals surface area contributed by atoms with Crippen LogP contribution in [0.5, 0.6) is 0 Å². The minimum absolute atomic E-state index is 0.00661. The topological polar surface area (TPSA) is 117 Å². The molecule has 0 aliphatic heterocycles. The van der Waals surface area contributed by atoms with Gasteiger partial charge in [0.2, 0.25) is 0 Å². The van der Waals surface area contributed by atoms with Crippen LogP contribution in [-0.2, 0) is 19.0 Å². The van der Waals surface area contributed by atoms with Crippen molar-refractivity contribution in [3.8, 4) is 11.1 Å². The maximum Gasteiger partial charge on any atom is 0.516 e. The fraction of sp³-hybridized carbons (Fsp3) is 0.423. The van der Waals surface area contributed by atoms with Gasteiger partial charge in [0.15, 0.2) is 0 Å². The van der Waals surface area contributed by atoms with Crippen LogP contribution < -0.4 is 11.1 Å². The molecule has 34 heavy (non-hydrogen) atoms. The SMILES string of the molecule is CC(C)(C)OC(=O)OC(=O)[C@@H](N)CCCCNC(=O)OCC1c2ccccc2-c2ccccc21. The first kappa shape index (κ1) is 25.2. The Morgan fingerprint density at radius 2 is 1.56 bits per heavy atom. The Balaban J connectivity index is 1.35. The number of fused-ring (bicyclic) bond motifs is 3. The number of carbonyl (C=O) groups excluding carboxylic acids is 3. The summed E-state index contributed by atoms with van der Waals surface area (Å²) in [6.45, 7) is 5.64. The molecule has 0 saturated carbocycles. The second kappa shape index (κ2) is 11.2. The van der Waals surface area contributed by atoms with Gasteiger partial charge in [0.1, 0.15) is 18.2 Å². The number of alkyl carbamates (subject to hydrolysis) is 1. The Labute approximate surface area is 199 Å². The van der Waals surface area contributed by atoms with Crippen LogP contribution >= 0.6 is 0 Å². The van der Waals surface area contributed by atoms with Crippen molar-refractivity contribution in [2.75, 3.05) is 13.2 Å². The van der Waals surface area contributed by atoms with Gasteiger partial charge >= 0.3 is 18.2 Å². The maximum atomic E-state index is 12.2. The van der Waals surface area contributed by atoms with Crippen molar-refractivity contribution in [2.45, 2.75) is 57.6 Å². The van der Waals surface area contributed by atoms with Gasteiger partial charge in [0.05, 0.1) is 0 Å². The third-order valence-corrected chi connectivity index (χ3v) is 5.43. The molecule has 1 aliphatic rings. The molecular weight excluding hydrogens is 436 g/mol. The Morgan fingerprint density at radius 1 is 0.971 bits per heavy atom. The number of ether oxygens (including phenoxy) is 3. The molecule has 0 radical (unpaired) electrons. The van der Waals surface area contributed by atoms with E-state index in [1.807, 2.05) is 24.3 Å². The molecule has 0 fully saturated rings. The monoisotopic (exact) mass is 468 g/mol. The van der Waals surface area contributed by atoms with E-state index >= 15 is 0 Å². The molecule has 0 heterocycles. The molecule has 2 aromatic carbocycles. The van der Waals surface area contributed by atoms with E-state index < -0.39 is 29.9 Å². The Hall–Kier alpha value is -3.39. The number of unbranched alkanes of at least 4 members (excludes halogenated alkanes) is 1. The average molecular weight is 469 g/mol. The molecule has 1 atom stereocenters. The summed E-state index contributed by atoms with van der Waals surface area (Å²) >= 11 is 0. The fourth-order valence-corrected chi connectivity index (χ4v) is 3.88. The molecule has 8 nitrogen and oxygen atoms in total. The smallest absolute Gasteiger partial charge is 0.449 e. The number of nitrogens with two attached hydrogens (primary N) is 1. The lowest BCUT2D eigenvalue weighted by Crippen LogP contribution is -2.35. The van der Waals surface area contributed by atoms with Gasteiger partial charge in [0, 0.05) is 12.5 Å². The van der Waals surface area contributed by atoms with Gasteiger partial charge in [-0.05, 0) is 62.3 Å². The van der Waals surface area contributed by atoms with E-state index in [4.69, 9.17) is 15.2 Å². The van der Waals surface area contributed by atoms with Gasteiger partial charge in [-0.3, -0.25) is 0 Å². The highest BCUT2D eigenvalue weighted by Gasteiger charge is 2.29. The van der Waals surface area contributed by atoms with Gasteiger partial charge in [-0.15, -0.1) is 0 Å². The van der Waals surface area contributed by atoms with Crippen LogP contribution in [0.1, 0.15) is 57.1 Å². The number of rotatable bonds is 8. The number of nitrogens with one attached hydrogen (secondary N) is 1. The van der Waals surface area contributed by atoms with Gasteiger partial charge in [0.25, 0.3) is 0 Å². The predicted octanol–water partition coefficient (Wildman–Crippen LogP) is 4.50. The molecule has 8 heteroatoms. The first-order chi connectivity index (χ1) is 16.2. The van der Waals surface area contributed by atoms with Crippen LogP contribution in [0.4, 0.5) is 9.59 Å². The fourth-order valence-electron chi connectivity index (χ4n) is 3.88. The number of hydrogen-bond donors (Lipinski definition) is 2. The molecule has 182 valence electrons. The van der Waals surface area contributed by atoms with E-state index in [2.05, 4.69) is 34.3 Å². The minimum Gasteiger partial charge on any atom is -0.449 e. The first-order valence-corrected chi connectivity index (χ1v) is 11.4. The molecule has 0 unspecified atom stereocenters. The van der Waals surface area contributed by atoms with E-state index in [1.165, 1.54) is 11.1 Å². The summed E-state index contributed by atoms with van der Waals surface area (Å²) in [6.07, 6.45) is -0.0831. The molecule has 1 amide bonds. The Morgan fingerprint density at radius 3 is 2.15 bits per heavy atom. The summed E-state index contributed by atoms with van der Waals surface area (Å²) in [5.41, 5.74) is 9.68. The molecule has 0 bridgehead atoms. The summed E-state index contributed by atoms with van der Waals surface area (Å²) < 4.78 is 15.0. The van der Waals surface area contributed by atoms with Gasteiger partial charge < -0.3 is 25.3 Å². The number of carbonyl (C=O) groups is 3. The Bertz CT molecular complexity index is 984. The van der Waals surface area contributed by atoms with Crippen LogP contribution in [0.25, 0.3) is 11.1 Å². The van der Waals surface area contributed by atoms with E-state index in [1.54, 1.807) is 20.8 Å². The predicted molar refractivity (Wildman–Crippen MR) is 127 cm³/mol. The molecule has 3 rings (SSSR count). The standard InChI is InChI=1S/C26H32N2O6/c1-26(2,3)34-25(31)33-23(29)22(27)14-8-9-15-28-24(30)32-16-21-19-12-6-4-10-17(19)18-11-5-7-13-20(18)21/h4-7,10-13,21-22H,8-9,14-16,27H2,1-3H3,(H,28,30)/t22-/m0/s1. The van der Waals surface area contributed by atoms with Crippen molar-refractivity contribution in [1.82, 2.24) is 5.32 Å². The minimum atomic E-state index is -1.06. The first-order valence-electron chi connectivity index (χ1n) is 11.4. The highest BCUT2D eigenvalue weighted by atomic mass is 16.7. The molecular formula is C26H32N2O6. The molecule has 0 spiro atoms. The Kier molecular flexibility index (Phi) is 8.28. The largest absolute Gasteiger partial charge is 0.516 e. The number of esters is 1. The lowest BCUT2D eigenvalue weighted by molar-refractivity contribution is -0.143. The van der Waals surface area contributed by atoms with Crippen molar-refractivity contribution >= 4 is 18.2 Å². The summed E-state index contributed by atoms with van der Waals surface area (Å²) in [4.78, 5) is 35.6. The normalized spacial score (nSPS) is 13.4. The summed E-state index contributed by atoms with van der Waals surface area (Å²) in [6, 6.07) is 15.4. The molecule has 0 saturated heterocycles. The second-order valence-corrected chi connectivity index (χ2v) is 9.24. The molecule has 1 aliphatic carbocycles. The van der Waals surface area contributed by atoms with Crippen LogP contribution in [0.2, 0.25) is 0 Å².